The lowest BCUT2D eigenvalue weighted by Gasteiger charge is -1.88. The van der Waals surface area contributed by atoms with Gasteiger partial charge in [-0.3, -0.25) is 23.5 Å². The molecule has 0 atom stereocenters. The smallest absolute Gasteiger partial charge is 0.0186 e. The van der Waals surface area contributed by atoms with Crippen molar-refractivity contribution in [2.45, 2.75) is 4.90 Å². The first-order valence-corrected chi connectivity index (χ1v) is 3.47. The first kappa shape index (κ1) is 29.3. The van der Waals surface area contributed by atoms with Crippen LogP contribution in [0.1, 0.15) is 0 Å². The Hall–Kier alpha value is -0.300. The molecule has 0 unspecified atom stereocenters. The number of hydrogen-bond donors (Lipinski definition) is 1. The summed E-state index contributed by atoms with van der Waals surface area (Å²) in [6.07, 6.45) is 0. The van der Waals surface area contributed by atoms with E-state index in [1.165, 1.54) is 0 Å². The van der Waals surface area contributed by atoms with E-state index in [0.717, 1.165) is 9.37 Å². The van der Waals surface area contributed by atoms with Crippen LogP contribution in [0.2, 0.25) is 0 Å². The van der Waals surface area contributed by atoms with E-state index in [9.17, 15) is 0 Å². The first-order chi connectivity index (χ1) is 3.79. The molecule has 0 saturated heterocycles. The summed E-state index contributed by atoms with van der Waals surface area (Å²) in [5, 5.41) is 0. The summed E-state index contributed by atoms with van der Waals surface area (Å²) in [6.45, 7) is 0. The molecule has 13 heavy (non-hydrogen) atoms. The van der Waals surface area contributed by atoms with E-state index in [-0.39, 0.29) is 23.5 Å². The molecule has 0 fully saturated rings. The first-order valence-electron chi connectivity index (χ1n) is 2.23. The minimum absolute atomic E-state index is 0. The maximum atomic E-state index is 4.12. The van der Waals surface area contributed by atoms with E-state index in [1.807, 2.05) is 24.3 Å². The van der Waals surface area contributed by atoms with Crippen LogP contribution in [0.25, 0.3) is 0 Å². The lowest BCUT2D eigenvalue weighted by atomic mass is 10.4. The van der Waals surface area contributed by atoms with E-state index in [2.05, 4.69) is 28.6 Å². The van der Waals surface area contributed by atoms with Crippen molar-refractivity contribution in [3.8, 4) is 0 Å². The molecule has 0 spiro atoms. The zero-order valence-electron chi connectivity index (χ0n) is 6.18. The highest BCUT2D eigenvalue weighted by atomic mass is 79.9. The topological polar surface area (TPSA) is 0 Å². The molecule has 0 aliphatic carbocycles. The summed E-state index contributed by atoms with van der Waals surface area (Å²) in [5.74, 6) is 0. The Kier molecular flexibility index (Phi) is 32.1. The van der Waals surface area contributed by atoms with Crippen molar-refractivity contribution in [3.63, 3.8) is 0 Å². The van der Waals surface area contributed by atoms with Crippen molar-refractivity contribution < 1.29 is 23.5 Å². The van der Waals surface area contributed by atoms with Gasteiger partial charge in [0, 0.05) is 9.37 Å². The van der Waals surface area contributed by atoms with Gasteiger partial charge in [-0.1, -0.05) is 22.0 Å². The fourth-order valence-corrected chi connectivity index (χ4v) is 1.28. The van der Waals surface area contributed by atoms with Crippen molar-refractivity contribution in [2.24, 2.45) is 0 Å². The monoisotopic (exact) mass is 288 g/mol. The van der Waals surface area contributed by atoms with Gasteiger partial charge < -0.3 is 0 Å². The van der Waals surface area contributed by atoms with Gasteiger partial charge in [0.25, 0.3) is 0 Å². The van der Waals surface area contributed by atoms with Crippen LogP contribution in [0, 0.1) is 0 Å². The lowest BCUT2D eigenvalue weighted by molar-refractivity contribution is 1.11. The van der Waals surface area contributed by atoms with Gasteiger partial charge in [0.1, 0.15) is 0 Å². The zero-order chi connectivity index (χ0) is 5.98. The second-order valence-electron chi connectivity index (χ2n) is 1.48. The Labute approximate surface area is 86.1 Å². The maximum absolute atomic E-state index is 4.12. The molecule has 0 radical (unpaired) electrons. The fraction of sp³-hybridized carbons (Fsp3) is 0. The van der Waals surface area contributed by atoms with Gasteiger partial charge in [0.15, 0.2) is 0 Å². The van der Waals surface area contributed by atoms with Crippen molar-refractivity contribution in [2.75, 3.05) is 0 Å². The normalized spacial score (nSPS) is 5.69. The highest BCUT2D eigenvalue weighted by molar-refractivity contribution is 9.10. The van der Waals surface area contributed by atoms with Crippen LogP contribution in [0.5, 0.6) is 0 Å². The van der Waals surface area contributed by atoms with Crippen molar-refractivity contribution in [3.05, 3.63) is 28.7 Å². The summed E-state index contributed by atoms with van der Waals surface area (Å²) >= 11 is 7.44. The number of halogens is 6. The van der Waals surface area contributed by atoms with E-state index in [4.69, 9.17) is 0 Å². The Bertz CT molecular complexity index is 181. The molecule has 1 aromatic carbocycles. The highest BCUT2D eigenvalue weighted by Gasteiger charge is 1.83. The second-order valence-corrected chi connectivity index (χ2v) is 2.91. The van der Waals surface area contributed by atoms with Gasteiger partial charge in [-0.15, -0.1) is 12.6 Å². The van der Waals surface area contributed by atoms with Gasteiger partial charge in [-0.05, 0) is 18.2 Å². The van der Waals surface area contributed by atoms with Gasteiger partial charge >= 0.3 is 0 Å². The molecule has 1 rings (SSSR count). The Balaban J connectivity index is -0.0000000427. The van der Waals surface area contributed by atoms with E-state index in [1.54, 1.807) is 0 Å². The van der Waals surface area contributed by atoms with Crippen LogP contribution in [0.4, 0.5) is 23.5 Å². The molecule has 0 aliphatic rings. The Morgan fingerprint density at radius 2 is 1.38 bits per heavy atom. The van der Waals surface area contributed by atoms with E-state index < -0.39 is 0 Å². The molecule has 1 aromatic rings. The summed E-state index contributed by atoms with van der Waals surface area (Å²) in [7, 11) is 0. The van der Waals surface area contributed by atoms with Gasteiger partial charge in [0.2, 0.25) is 0 Å². The molecular formula is C6H10BrF5S. The number of benzene rings is 1. The summed E-state index contributed by atoms with van der Waals surface area (Å²) in [6, 6.07) is 7.81. The molecular weight excluding hydrogens is 279 g/mol. The predicted octanol–water partition coefficient (Wildman–Crippen LogP) is 3.50. The van der Waals surface area contributed by atoms with E-state index in [0.29, 0.717) is 0 Å². The van der Waals surface area contributed by atoms with Crippen LogP contribution in [-0.2, 0) is 0 Å². The second kappa shape index (κ2) is 14.2. The average molecular weight is 289 g/mol. The summed E-state index contributed by atoms with van der Waals surface area (Å²) in [4.78, 5) is 0.986. The van der Waals surface area contributed by atoms with Crippen LogP contribution < -0.4 is 0 Å². The van der Waals surface area contributed by atoms with Crippen molar-refractivity contribution in [1.82, 2.24) is 0 Å². The molecule has 0 amide bonds. The van der Waals surface area contributed by atoms with E-state index >= 15 is 0 Å². The number of thiol groups is 1. The minimum atomic E-state index is 0. The van der Waals surface area contributed by atoms with Crippen molar-refractivity contribution >= 4 is 28.6 Å². The third kappa shape index (κ3) is 11.7. The molecule has 0 heterocycles. The maximum Gasteiger partial charge on any atom is 0.0186 e. The lowest BCUT2D eigenvalue weighted by Crippen LogP contribution is -1.62. The van der Waals surface area contributed by atoms with Crippen LogP contribution in [0.3, 0.4) is 0 Å². The molecule has 0 aromatic heterocycles. The van der Waals surface area contributed by atoms with Crippen LogP contribution >= 0.6 is 28.6 Å². The molecule has 7 heteroatoms. The predicted molar refractivity (Wildman–Crippen MR) is 53.9 cm³/mol. The Morgan fingerprint density at radius 1 is 0.923 bits per heavy atom. The summed E-state index contributed by atoms with van der Waals surface area (Å²) < 4.78 is 1.07. The largest absolute Gasteiger partial charge is 0.269 e. The number of rotatable bonds is 0. The average Bonchev–Trinajstić information content (AvgIpc) is 1.64. The SMILES string of the molecule is F.F.F.F.F.Sc1cccc(Br)c1. The third-order valence-corrected chi connectivity index (χ3v) is 1.58. The van der Waals surface area contributed by atoms with Gasteiger partial charge in [-0.25, -0.2) is 0 Å². The molecule has 82 valence electrons. The summed E-state index contributed by atoms with van der Waals surface area (Å²) in [5.41, 5.74) is 0. The molecule has 0 bridgehead atoms. The molecule has 0 N–H and O–H groups in total. The molecule has 0 aliphatic heterocycles. The van der Waals surface area contributed by atoms with Crippen LogP contribution in [-0.4, -0.2) is 0 Å². The zero-order valence-corrected chi connectivity index (χ0v) is 8.66. The van der Waals surface area contributed by atoms with Crippen LogP contribution in [0.15, 0.2) is 33.6 Å². The number of hydrogen-bond acceptors (Lipinski definition) is 1. The third-order valence-electron chi connectivity index (χ3n) is 0.808. The van der Waals surface area contributed by atoms with Gasteiger partial charge in [-0.2, -0.15) is 0 Å². The standard InChI is InChI=1S/C6H5BrS.5FH/c7-5-2-1-3-6(8)4-5;;;;;/h1-4,8H;5*1H. The van der Waals surface area contributed by atoms with Gasteiger partial charge in [0.05, 0.1) is 0 Å². The Morgan fingerprint density at radius 3 is 1.62 bits per heavy atom. The van der Waals surface area contributed by atoms with Crippen molar-refractivity contribution in [1.29, 1.82) is 0 Å². The molecule has 0 nitrogen and oxygen atoms in total. The quantitative estimate of drug-likeness (QED) is 0.548. The highest BCUT2D eigenvalue weighted by Crippen LogP contribution is 2.13. The fourth-order valence-electron chi connectivity index (χ4n) is 0.476. The molecule has 0 saturated carbocycles. The minimum Gasteiger partial charge on any atom is -0.269 e.